The molecule has 0 aliphatic carbocycles. The molecule has 16 heavy (non-hydrogen) atoms. The Morgan fingerprint density at radius 3 is 2.69 bits per heavy atom. The number of ether oxygens (including phenoxy) is 1. The highest BCUT2D eigenvalue weighted by Crippen LogP contribution is 2.24. The van der Waals surface area contributed by atoms with Gasteiger partial charge in [0.15, 0.2) is 0 Å². The molecule has 0 atom stereocenters. The highest BCUT2D eigenvalue weighted by Gasteiger charge is 2.03. The third kappa shape index (κ3) is 2.37. The minimum absolute atomic E-state index is 0.272. The predicted octanol–water partition coefficient (Wildman–Crippen LogP) is 3.63. The van der Waals surface area contributed by atoms with Crippen LogP contribution in [0.25, 0.3) is 0 Å². The molecule has 1 heterocycles. The van der Waals surface area contributed by atoms with Gasteiger partial charge in [0.2, 0.25) is 11.8 Å². The zero-order chi connectivity index (χ0) is 11.5. The normalized spacial score (nSPS) is 10.2. The summed E-state index contributed by atoms with van der Waals surface area (Å²) in [5.41, 5.74) is 2.09. The number of halogens is 1. The van der Waals surface area contributed by atoms with E-state index in [-0.39, 0.29) is 5.88 Å². The summed E-state index contributed by atoms with van der Waals surface area (Å²) >= 11 is 0. The number of nitrogens with zero attached hydrogens (tertiary/aromatic N) is 1. The lowest BCUT2D eigenvalue weighted by Crippen LogP contribution is -1.92. The summed E-state index contributed by atoms with van der Waals surface area (Å²) in [6.45, 7) is 3.92. The molecule has 0 radical (unpaired) electrons. The van der Waals surface area contributed by atoms with E-state index in [1.807, 2.05) is 32.0 Å². The number of rotatable bonds is 2. The van der Waals surface area contributed by atoms with Crippen LogP contribution in [0.15, 0.2) is 36.4 Å². The summed E-state index contributed by atoms with van der Waals surface area (Å²) in [6.07, 6.45) is 0. The Labute approximate surface area is 93.7 Å². The van der Waals surface area contributed by atoms with Gasteiger partial charge >= 0.3 is 0 Å². The maximum absolute atomic E-state index is 12.9. The van der Waals surface area contributed by atoms with Crippen LogP contribution in [0.1, 0.15) is 11.1 Å². The lowest BCUT2D eigenvalue weighted by Gasteiger charge is -2.08. The number of aromatic nitrogens is 1. The molecule has 2 aromatic rings. The lowest BCUT2D eigenvalue weighted by atomic mass is 10.1. The van der Waals surface area contributed by atoms with Gasteiger partial charge in [0.1, 0.15) is 5.75 Å². The molecular weight excluding hydrogens is 205 g/mol. The number of hydrogen-bond donors (Lipinski definition) is 0. The van der Waals surface area contributed by atoms with Gasteiger partial charge < -0.3 is 4.74 Å². The van der Waals surface area contributed by atoms with Gasteiger partial charge in [0.05, 0.1) is 0 Å². The van der Waals surface area contributed by atoms with E-state index in [0.717, 1.165) is 11.1 Å². The molecule has 82 valence electrons. The maximum atomic E-state index is 12.9. The van der Waals surface area contributed by atoms with Crippen LogP contribution in [-0.4, -0.2) is 4.98 Å². The van der Waals surface area contributed by atoms with Crippen molar-refractivity contribution in [2.45, 2.75) is 13.8 Å². The Balaban J connectivity index is 2.30. The molecule has 0 unspecified atom stereocenters. The van der Waals surface area contributed by atoms with Crippen molar-refractivity contribution < 1.29 is 9.13 Å². The smallest absolute Gasteiger partial charge is 0.221 e. The van der Waals surface area contributed by atoms with Crippen LogP contribution < -0.4 is 4.74 Å². The van der Waals surface area contributed by atoms with E-state index in [9.17, 15) is 4.39 Å². The van der Waals surface area contributed by atoms with Gasteiger partial charge in [-0.3, -0.25) is 0 Å². The zero-order valence-corrected chi connectivity index (χ0v) is 9.20. The Morgan fingerprint density at radius 2 is 1.94 bits per heavy atom. The molecule has 1 aromatic heterocycles. The van der Waals surface area contributed by atoms with E-state index >= 15 is 0 Å². The highest BCUT2D eigenvalue weighted by molar-refractivity contribution is 5.38. The first-order chi connectivity index (χ1) is 7.65. The number of pyridine rings is 1. The van der Waals surface area contributed by atoms with Gasteiger partial charge in [-0.25, -0.2) is 0 Å². The van der Waals surface area contributed by atoms with Crippen LogP contribution in [0.4, 0.5) is 4.39 Å². The third-order valence-electron chi connectivity index (χ3n) is 2.25. The molecule has 2 rings (SSSR count). The largest absolute Gasteiger partial charge is 0.439 e. The quantitative estimate of drug-likeness (QED) is 0.716. The first kappa shape index (κ1) is 10.6. The van der Waals surface area contributed by atoms with Gasteiger partial charge in [0, 0.05) is 6.07 Å². The summed E-state index contributed by atoms with van der Waals surface area (Å²) in [6, 6.07) is 10.4. The molecule has 2 nitrogen and oxygen atoms in total. The fourth-order valence-electron chi connectivity index (χ4n) is 1.38. The molecule has 0 saturated heterocycles. The average molecular weight is 217 g/mol. The van der Waals surface area contributed by atoms with Crippen LogP contribution >= 0.6 is 0 Å². The molecular formula is C13H12FNO. The van der Waals surface area contributed by atoms with E-state index in [4.69, 9.17) is 4.74 Å². The zero-order valence-electron chi connectivity index (χ0n) is 9.20. The van der Waals surface area contributed by atoms with Crippen molar-refractivity contribution in [3.63, 3.8) is 0 Å². The molecule has 0 amide bonds. The van der Waals surface area contributed by atoms with Crippen molar-refractivity contribution in [3.05, 3.63) is 53.5 Å². The molecule has 0 bridgehead atoms. The molecule has 0 N–H and O–H groups in total. The molecule has 0 fully saturated rings. The maximum Gasteiger partial charge on any atom is 0.221 e. The summed E-state index contributed by atoms with van der Waals surface area (Å²) in [5, 5.41) is 0. The van der Waals surface area contributed by atoms with Crippen LogP contribution in [0.5, 0.6) is 11.6 Å². The molecule has 1 aromatic carbocycles. The molecule has 3 heteroatoms. The second-order valence-electron chi connectivity index (χ2n) is 3.67. The first-order valence-corrected chi connectivity index (χ1v) is 5.03. The number of aryl methyl sites for hydroxylation is 2. The molecule has 0 saturated carbocycles. The molecule has 0 aliphatic heterocycles. The SMILES string of the molecule is Cc1ccc(C)c(Oc2cccc(F)n2)c1. The fourth-order valence-corrected chi connectivity index (χ4v) is 1.38. The van der Waals surface area contributed by atoms with Gasteiger partial charge in [-0.15, -0.1) is 0 Å². The Bertz CT molecular complexity index is 511. The minimum Gasteiger partial charge on any atom is -0.439 e. The third-order valence-corrected chi connectivity index (χ3v) is 2.25. The second-order valence-corrected chi connectivity index (χ2v) is 3.67. The monoisotopic (exact) mass is 217 g/mol. The standard InChI is InChI=1S/C13H12FNO/c1-9-6-7-10(2)11(8-9)16-13-5-3-4-12(14)15-13/h3-8H,1-2H3. The van der Waals surface area contributed by atoms with E-state index in [0.29, 0.717) is 5.75 Å². The highest BCUT2D eigenvalue weighted by atomic mass is 19.1. The Hall–Kier alpha value is -1.90. The van der Waals surface area contributed by atoms with Crippen molar-refractivity contribution >= 4 is 0 Å². The van der Waals surface area contributed by atoms with E-state index in [1.54, 1.807) is 12.1 Å². The van der Waals surface area contributed by atoms with Gasteiger partial charge in [-0.2, -0.15) is 9.37 Å². The summed E-state index contributed by atoms with van der Waals surface area (Å²) < 4.78 is 18.4. The van der Waals surface area contributed by atoms with Crippen molar-refractivity contribution in [2.24, 2.45) is 0 Å². The number of hydrogen-bond acceptors (Lipinski definition) is 2. The van der Waals surface area contributed by atoms with Crippen LogP contribution in [-0.2, 0) is 0 Å². The second kappa shape index (κ2) is 4.31. The van der Waals surface area contributed by atoms with Crippen molar-refractivity contribution in [1.82, 2.24) is 4.98 Å². The Morgan fingerprint density at radius 1 is 1.12 bits per heavy atom. The lowest BCUT2D eigenvalue weighted by molar-refractivity contribution is 0.442. The summed E-state index contributed by atoms with van der Waals surface area (Å²) in [5.74, 6) is 0.439. The van der Waals surface area contributed by atoms with E-state index < -0.39 is 5.95 Å². The first-order valence-electron chi connectivity index (χ1n) is 5.03. The average Bonchev–Trinajstić information content (AvgIpc) is 2.24. The molecule has 0 aliphatic rings. The van der Waals surface area contributed by atoms with E-state index in [2.05, 4.69) is 4.98 Å². The van der Waals surface area contributed by atoms with Crippen LogP contribution in [0.2, 0.25) is 0 Å². The van der Waals surface area contributed by atoms with Crippen LogP contribution in [0, 0.1) is 19.8 Å². The summed E-state index contributed by atoms with van der Waals surface area (Å²) in [4.78, 5) is 3.65. The van der Waals surface area contributed by atoms with Crippen LogP contribution in [0.3, 0.4) is 0 Å². The van der Waals surface area contributed by atoms with Crippen molar-refractivity contribution in [1.29, 1.82) is 0 Å². The van der Waals surface area contributed by atoms with Crippen molar-refractivity contribution in [2.75, 3.05) is 0 Å². The van der Waals surface area contributed by atoms with Gasteiger partial charge in [-0.1, -0.05) is 18.2 Å². The van der Waals surface area contributed by atoms with Gasteiger partial charge in [-0.05, 0) is 37.1 Å². The van der Waals surface area contributed by atoms with Gasteiger partial charge in [0.25, 0.3) is 0 Å². The Kier molecular flexibility index (Phi) is 2.86. The topological polar surface area (TPSA) is 22.1 Å². The predicted molar refractivity (Wildman–Crippen MR) is 60.2 cm³/mol. The molecule has 0 spiro atoms. The minimum atomic E-state index is -0.539. The number of benzene rings is 1. The fraction of sp³-hybridized carbons (Fsp3) is 0.154. The summed E-state index contributed by atoms with van der Waals surface area (Å²) in [7, 11) is 0. The van der Waals surface area contributed by atoms with E-state index in [1.165, 1.54) is 6.07 Å². The van der Waals surface area contributed by atoms with Crippen molar-refractivity contribution in [3.8, 4) is 11.6 Å².